The number of amides is 4. The Kier molecular flexibility index (Phi) is 7.25. The highest BCUT2D eigenvalue weighted by atomic mass is 35.5. The first-order valence-corrected chi connectivity index (χ1v) is 11.2. The molecule has 1 atom stereocenters. The van der Waals surface area contributed by atoms with E-state index in [1.54, 1.807) is 6.07 Å². The van der Waals surface area contributed by atoms with Crippen molar-refractivity contribution in [2.75, 3.05) is 11.9 Å². The van der Waals surface area contributed by atoms with Gasteiger partial charge in [-0.1, -0.05) is 23.7 Å². The van der Waals surface area contributed by atoms with Gasteiger partial charge in [-0.2, -0.15) is 8.78 Å². The number of halogens is 4. The zero-order valence-electron chi connectivity index (χ0n) is 18.6. The van der Waals surface area contributed by atoms with Crippen LogP contribution in [-0.4, -0.2) is 46.6 Å². The van der Waals surface area contributed by atoms with Crippen LogP contribution in [0.4, 0.5) is 28.4 Å². The van der Waals surface area contributed by atoms with Gasteiger partial charge in [0.05, 0.1) is 16.2 Å². The number of hydrogen-bond acceptors (Lipinski definition) is 4. The third-order valence-corrected chi connectivity index (χ3v) is 6.07. The predicted octanol–water partition coefficient (Wildman–Crippen LogP) is 4.27. The smallest absolute Gasteiger partial charge is 0.387 e. The molecule has 2 heterocycles. The molecule has 9 nitrogen and oxygen atoms in total. The summed E-state index contributed by atoms with van der Waals surface area (Å²) in [7, 11) is 0. The highest BCUT2D eigenvalue weighted by Crippen LogP contribution is 2.31. The number of urea groups is 1. The molecule has 4 rings (SSSR count). The number of benzene rings is 2. The first kappa shape index (κ1) is 25.2. The Morgan fingerprint density at radius 3 is 2.72 bits per heavy atom. The average molecular weight is 524 g/mol. The van der Waals surface area contributed by atoms with Crippen LogP contribution in [0, 0.1) is 5.82 Å². The van der Waals surface area contributed by atoms with Gasteiger partial charge < -0.3 is 26.0 Å². The van der Waals surface area contributed by atoms with Gasteiger partial charge in [-0.15, -0.1) is 0 Å². The molecule has 1 aliphatic heterocycles. The van der Waals surface area contributed by atoms with Crippen LogP contribution in [0.5, 0.6) is 5.75 Å². The normalized spacial score (nSPS) is 15.4. The number of fused-ring (bicyclic) bond motifs is 1. The number of alkyl halides is 2. The minimum atomic E-state index is -3.06. The number of hydrogen-bond donors (Lipinski definition) is 3. The molecule has 2 aromatic carbocycles. The van der Waals surface area contributed by atoms with Crippen LogP contribution < -0.4 is 21.1 Å². The van der Waals surface area contributed by atoms with Crippen LogP contribution >= 0.6 is 11.6 Å². The molecule has 0 spiro atoms. The van der Waals surface area contributed by atoms with Crippen molar-refractivity contribution in [1.29, 1.82) is 0 Å². The lowest BCUT2D eigenvalue weighted by atomic mass is 10.1. The lowest BCUT2D eigenvalue weighted by Gasteiger charge is -2.24. The number of aromatic nitrogens is 1. The van der Waals surface area contributed by atoms with Crippen molar-refractivity contribution >= 4 is 46.2 Å². The van der Waals surface area contributed by atoms with Crippen molar-refractivity contribution in [3.05, 3.63) is 59.0 Å². The van der Waals surface area contributed by atoms with E-state index in [-0.39, 0.29) is 40.6 Å². The van der Waals surface area contributed by atoms with E-state index in [4.69, 9.17) is 17.3 Å². The highest BCUT2D eigenvalue weighted by molar-refractivity contribution is 6.30. The predicted molar refractivity (Wildman–Crippen MR) is 126 cm³/mol. The van der Waals surface area contributed by atoms with Crippen molar-refractivity contribution in [2.45, 2.75) is 32.0 Å². The Morgan fingerprint density at radius 2 is 2.00 bits per heavy atom. The molecule has 0 bridgehead atoms. The van der Waals surface area contributed by atoms with E-state index in [1.807, 2.05) is 0 Å². The summed E-state index contributed by atoms with van der Waals surface area (Å²) in [6.07, 6.45) is 2.22. The molecule has 4 amide bonds. The van der Waals surface area contributed by atoms with E-state index in [0.717, 1.165) is 4.57 Å². The molecular weight excluding hydrogens is 503 g/mol. The third-order valence-electron chi connectivity index (χ3n) is 5.78. The Balaban J connectivity index is 1.50. The number of carbonyl (C=O) groups is 3. The van der Waals surface area contributed by atoms with E-state index in [9.17, 15) is 27.6 Å². The summed E-state index contributed by atoms with van der Waals surface area (Å²) in [4.78, 5) is 39.0. The second kappa shape index (κ2) is 10.4. The van der Waals surface area contributed by atoms with Crippen LogP contribution in [0.1, 0.15) is 18.4 Å². The number of nitrogens with one attached hydrogen (secondary N) is 2. The number of rotatable bonds is 6. The summed E-state index contributed by atoms with van der Waals surface area (Å²) in [5.74, 6) is -1.28. The topological polar surface area (TPSA) is 119 Å². The number of ether oxygens (including phenoxy) is 1. The maximum atomic E-state index is 14.1. The Hall–Kier alpha value is -3.93. The fourth-order valence-electron chi connectivity index (χ4n) is 4.12. The lowest BCUT2D eigenvalue weighted by molar-refractivity contribution is -0.124. The van der Waals surface area contributed by atoms with Gasteiger partial charge in [-0.05, 0) is 31.0 Å². The Labute approximate surface area is 207 Å². The molecule has 1 fully saturated rings. The Bertz CT molecular complexity index is 1330. The summed E-state index contributed by atoms with van der Waals surface area (Å²) in [5, 5.41) is 5.56. The number of nitrogens with two attached hydrogens (primary N) is 1. The molecule has 190 valence electrons. The number of anilines is 1. The SMILES string of the molecule is NC(=O)n1cc(NC(=O)N2CCC[C@H]2C(=O)NCc2cccc(Cl)c2F)c2ccc(OC(F)F)cc21. The maximum Gasteiger partial charge on any atom is 0.387 e. The van der Waals surface area contributed by atoms with E-state index in [0.29, 0.717) is 18.2 Å². The van der Waals surface area contributed by atoms with Crippen molar-refractivity contribution in [3.63, 3.8) is 0 Å². The van der Waals surface area contributed by atoms with Crippen LogP contribution in [0.3, 0.4) is 0 Å². The van der Waals surface area contributed by atoms with Gasteiger partial charge in [-0.25, -0.2) is 14.0 Å². The molecule has 0 aliphatic carbocycles. The van der Waals surface area contributed by atoms with E-state index >= 15 is 0 Å². The largest absolute Gasteiger partial charge is 0.435 e. The molecule has 0 radical (unpaired) electrons. The van der Waals surface area contributed by atoms with Crippen LogP contribution in [0.25, 0.3) is 10.9 Å². The lowest BCUT2D eigenvalue weighted by Crippen LogP contribution is -2.47. The number of primary amides is 1. The van der Waals surface area contributed by atoms with Crippen molar-refractivity contribution in [1.82, 2.24) is 14.8 Å². The first-order chi connectivity index (χ1) is 17.2. The quantitative estimate of drug-likeness (QED) is 0.447. The Morgan fingerprint density at radius 1 is 1.22 bits per heavy atom. The summed E-state index contributed by atoms with van der Waals surface area (Å²) >= 11 is 5.77. The molecule has 4 N–H and O–H groups in total. The molecule has 13 heteroatoms. The monoisotopic (exact) mass is 523 g/mol. The number of nitrogens with zero attached hydrogens (tertiary/aromatic N) is 2. The van der Waals surface area contributed by atoms with Gasteiger partial charge in [-0.3, -0.25) is 9.36 Å². The fraction of sp³-hybridized carbons (Fsp3) is 0.261. The zero-order chi connectivity index (χ0) is 26.0. The fourth-order valence-corrected chi connectivity index (χ4v) is 4.31. The molecule has 1 aliphatic rings. The summed E-state index contributed by atoms with van der Waals surface area (Å²) < 4.78 is 44.6. The molecular formula is C23H21ClF3N5O4. The van der Waals surface area contributed by atoms with Crippen LogP contribution in [0.15, 0.2) is 42.6 Å². The second-order valence-electron chi connectivity index (χ2n) is 8.02. The zero-order valence-corrected chi connectivity index (χ0v) is 19.4. The minimum Gasteiger partial charge on any atom is -0.435 e. The number of carbonyl (C=O) groups excluding carboxylic acids is 3. The standard InChI is InChI=1S/C23H21ClF3N5O4/c24-15-4-1-3-12(19(15)25)10-29-20(33)17-5-2-8-31(17)23(35)30-16-11-32(22(28)34)18-9-13(36-21(26)27)6-7-14(16)18/h1,3-4,6-7,9,11,17,21H,2,5,8,10H2,(H2,28,34)(H,29,33)(H,30,35)/t17-/m0/s1. The summed E-state index contributed by atoms with van der Waals surface area (Å²) in [6.45, 7) is -2.88. The molecule has 1 saturated heterocycles. The first-order valence-electron chi connectivity index (χ1n) is 10.8. The van der Waals surface area contributed by atoms with Gasteiger partial charge in [0.25, 0.3) is 0 Å². The minimum absolute atomic E-state index is 0.0633. The van der Waals surface area contributed by atoms with Gasteiger partial charge in [0.2, 0.25) is 5.91 Å². The third kappa shape index (κ3) is 5.18. The molecule has 3 aromatic rings. The summed E-state index contributed by atoms with van der Waals surface area (Å²) in [6, 6.07) is 5.99. The van der Waals surface area contributed by atoms with Crippen molar-refractivity contribution in [2.24, 2.45) is 5.73 Å². The molecule has 0 saturated carbocycles. The van der Waals surface area contributed by atoms with E-state index in [2.05, 4.69) is 15.4 Å². The van der Waals surface area contributed by atoms with Crippen LogP contribution in [-0.2, 0) is 11.3 Å². The van der Waals surface area contributed by atoms with Gasteiger partial charge in [0.1, 0.15) is 17.6 Å². The van der Waals surface area contributed by atoms with Gasteiger partial charge >= 0.3 is 18.7 Å². The van der Waals surface area contributed by atoms with E-state index in [1.165, 1.54) is 41.4 Å². The van der Waals surface area contributed by atoms with Crippen LogP contribution in [0.2, 0.25) is 5.02 Å². The van der Waals surface area contributed by atoms with Crippen molar-refractivity contribution < 1.29 is 32.3 Å². The van der Waals surface area contributed by atoms with Gasteiger partial charge in [0, 0.05) is 36.3 Å². The number of likely N-dealkylation sites (tertiary alicyclic amines) is 1. The average Bonchev–Trinajstić information content (AvgIpc) is 3.45. The molecule has 0 unspecified atom stereocenters. The second-order valence-corrected chi connectivity index (χ2v) is 8.43. The highest BCUT2D eigenvalue weighted by Gasteiger charge is 2.34. The van der Waals surface area contributed by atoms with Crippen molar-refractivity contribution in [3.8, 4) is 5.75 Å². The summed E-state index contributed by atoms with van der Waals surface area (Å²) in [5.41, 5.74) is 5.93. The molecule has 36 heavy (non-hydrogen) atoms. The molecule has 1 aromatic heterocycles. The maximum absolute atomic E-state index is 14.1. The van der Waals surface area contributed by atoms with Gasteiger partial charge in [0.15, 0.2) is 0 Å². The van der Waals surface area contributed by atoms with E-state index < -0.39 is 36.4 Å².